The first-order valence-corrected chi connectivity index (χ1v) is 7.96. The molecule has 0 aliphatic heterocycles. The van der Waals surface area contributed by atoms with Gasteiger partial charge in [0, 0.05) is 16.3 Å². The summed E-state index contributed by atoms with van der Waals surface area (Å²) in [6.45, 7) is 9.87. The van der Waals surface area contributed by atoms with Gasteiger partial charge >= 0.3 is 0 Å². The van der Waals surface area contributed by atoms with Gasteiger partial charge in [-0.1, -0.05) is 54.6 Å². The molecule has 0 unspecified atom stereocenters. The summed E-state index contributed by atoms with van der Waals surface area (Å²) in [6.07, 6.45) is 5.83. The number of rotatable bonds is 4. The monoisotopic (exact) mass is 323 g/mol. The van der Waals surface area contributed by atoms with Crippen LogP contribution in [0.5, 0.6) is 0 Å². The summed E-state index contributed by atoms with van der Waals surface area (Å²) in [5, 5.41) is 0.784. The maximum atomic E-state index is 6.40. The Kier molecular flexibility index (Phi) is 5.46. The van der Waals surface area contributed by atoms with Crippen molar-refractivity contribution in [3.8, 4) is 11.1 Å². The number of halogens is 1. The van der Waals surface area contributed by atoms with Gasteiger partial charge in [-0.25, -0.2) is 0 Å². The Labute approximate surface area is 143 Å². The summed E-state index contributed by atoms with van der Waals surface area (Å²) >= 11 is 6.40. The summed E-state index contributed by atoms with van der Waals surface area (Å²) < 4.78 is 0. The normalized spacial score (nSPS) is 11.9. The molecule has 2 N–H and O–H groups in total. The Hall–Kier alpha value is -2.25. The van der Waals surface area contributed by atoms with Crippen molar-refractivity contribution >= 4 is 17.2 Å². The van der Waals surface area contributed by atoms with Crippen molar-refractivity contribution in [3.05, 3.63) is 88.6 Å². The first kappa shape index (κ1) is 17.1. The van der Waals surface area contributed by atoms with Crippen molar-refractivity contribution in [1.29, 1.82) is 0 Å². The van der Waals surface area contributed by atoms with E-state index >= 15 is 0 Å². The second kappa shape index (κ2) is 7.34. The molecule has 0 saturated carbocycles. The highest BCUT2D eigenvalue weighted by Crippen LogP contribution is 2.31. The standard InChI is InChI=1S/C21H22ClN/c1-5-17(7-6-16(4)23)18-8-10-19(11-9-18)20-12-14(2)15(3)13-21(20)22/h5-13H,4,23H2,1-3H3/b7-6-,17-5+. The molecule has 2 aromatic rings. The molecule has 0 radical (unpaired) electrons. The SMILES string of the molecule is C=C(N)/C=C\C(=C/C)c1ccc(-c2cc(C)c(C)cc2Cl)cc1. The molecule has 23 heavy (non-hydrogen) atoms. The summed E-state index contributed by atoms with van der Waals surface area (Å²) in [5.41, 5.74) is 13.0. The van der Waals surface area contributed by atoms with Crippen LogP contribution >= 0.6 is 11.6 Å². The van der Waals surface area contributed by atoms with Crippen molar-refractivity contribution in [1.82, 2.24) is 0 Å². The van der Waals surface area contributed by atoms with Crippen LogP contribution in [0.25, 0.3) is 16.7 Å². The van der Waals surface area contributed by atoms with Gasteiger partial charge in [0.2, 0.25) is 0 Å². The number of benzene rings is 2. The molecule has 2 aromatic carbocycles. The molecule has 2 heteroatoms. The zero-order chi connectivity index (χ0) is 17.0. The lowest BCUT2D eigenvalue weighted by Gasteiger charge is -2.10. The summed E-state index contributed by atoms with van der Waals surface area (Å²) in [4.78, 5) is 0. The maximum absolute atomic E-state index is 6.40. The van der Waals surface area contributed by atoms with Crippen LogP contribution in [0.4, 0.5) is 0 Å². The lowest BCUT2D eigenvalue weighted by atomic mass is 9.97. The Morgan fingerprint density at radius 2 is 1.65 bits per heavy atom. The van der Waals surface area contributed by atoms with Crippen molar-refractivity contribution in [3.63, 3.8) is 0 Å². The van der Waals surface area contributed by atoms with E-state index in [9.17, 15) is 0 Å². The van der Waals surface area contributed by atoms with Gasteiger partial charge < -0.3 is 5.73 Å². The first-order valence-electron chi connectivity index (χ1n) is 7.58. The van der Waals surface area contributed by atoms with Crippen LogP contribution in [-0.2, 0) is 0 Å². The van der Waals surface area contributed by atoms with Crippen molar-refractivity contribution in [2.45, 2.75) is 20.8 Å². The molecule has 0 heterocycles. The molecular weight excluding hydrogens is 302 g/mol. The zero-order valence-electron chi connectivity index (χ0n) is 13.9. The molecule has 0 bridgehead atoms. The van der Waals surface area contributed by atoms with Crippen LogP contribution in [-0.4, -0.2) is 0 Å². The molecule has 0 spiro atoms. The Bertz CT molecular complexity index is 780. The molecule has 0 saturated heterocycles. The van der Waals surface area contributed by atoms with E-state index < -0.39 is 0 Å². The molecular formula is C21H22ClN. The van der Waals surface area contributed by atoms with Gasteiger partial charge in [-0.3, -0.25) is 0 Å². The van der Waals surface area contributed by atoms with E-state index in [1.165, 1.54) is 11.1 Å². The number of nitrogens with two attached hydrogens (primary N) is 1. The smallest absolute Gasteiger partial charge is 0.0487 e. The Balaban J connectivity index is 2.36. The van der Waals surface area contributed by atoms with Gasteiger partial charge in [-0.2, -0.15) is 0 Å². The van der Waals surface area contributed by atoms with Crippen LogP contribution in [0.15, 0.2) is 66.9 Å². The number of allylic oxidation sites excluding steroid dienone is 4. The topological polar surface area (TPSA) is 26.0 Å². The first-order chi connectivity index (χ1) is 10.9. The highest BCUT2D eigenvalue weighted by molar-refractivity contribution is 6.33. The second-order valence-corrected chi connectivity index (χ2v) is 6.05. The summed E-state index contributed by atoms with van der Waals surface area (Å²) in [6, 6.07) is 12.5. The van der Waals surface area contributed by atoms with Gasteiger partial charge in [-0.15, -0.1) is 0 Å². The average molecular weight is 324 g/mol. The molecule has 0 aromatic heterocycles. The Morgan fingerprint density at radius 1 is 1.04 bits per heavy atom. The van der Waals surface area contributed by atoms with Gasteiger partial charge in [0.05, 0.1) is 0 Å². The lowest BCUT2D eigenvalue weighted by Crippen LogP contribution is -1.90. The van der Waals surface area contributed by atoms with Crippen LogP contribution < -0.4 is 5.73 Å². The fraction of sp³-hybridized carbons (Fsp3) is 0.143. The van der Waals surface area contributed by atoms with Gasteiger partial charge in [0.15, 0.2) is 0 Å². The molecule has 0 amide bonds. The Morgan fingerprint density at radius 3 is 2.22 bits per heavy atom. The third kappa shape index (κ3) is 4.14. The predicted molar refractivity (Wildman–Crippen MR) is 102 cm³/mol. The predicted octanol–water partition coefficient (Wildman–Crippen LogP) is 6.06. The van der Waals surface area contributed by atoms with Crippen LogP contribution in [0, 0.1) is 13.8 Å². The van der Waals surface area contributed by atoms with Gasteiger partial charge in [0.25, 0.3) is 0 Å². The zero-order valence-corrected chi connectivity index (χ0v) is 14.6. The number of hydrogen-bond donors (Lipinski definition) is 1. The summed E-state index contributed by atoms with van der Waals surface area (Å²) in [7, 11) is 0. The van der Waals surface area contributed by atoms with E-state index in [2.05, 4.69) is 56.8 Å². The van der Waals surface area contributed by atoms with Crippen LogP contribution in [0.3, 0.4) is 0 Å². The fourth-order valence-electron chi connectivity index (χ4n) is 2.40. The largest absolute Gasteiger partial charge is 0.399 e. The molecule has 2 rings (SSSR count). The van der Waals surface area contributed by atoms with Crippen molar-refractivity contribution in [2.24, 2.45) is 5.73 Å². The minimum absolute atomic E-state index is 0.544. The van der Waals surface area contributed by atoms with Crippen LogP contribution in [0.1, 0.15) is 23.6 Å². The third-order valence-electron chi connectivity index (χ3n) is 3.90. The fourth-order valence-corrected chi connectivity index (χ4v) is 2.73. The lowest BCUT2D eigenvalue weighted by molar-refractivity contribution is 1.34. The van der Waals surface area contributed by atoms with Crippen LogP contribution in [0.2, 0.25) is 5.02 Å². The van der Waals surface area contributed by atoms with E-state index in [1.807, 2.05) is 25.1 Å². The average Bonchev–Trinajstić information content (AvgIpc) is 2.52. The number of aryl methyl sites for hydroxylation is 2. The molecule has 118 valence electrons. The third-order valence-corrected chi connectivity index (χ3v) is 4.21. The molecule has 0 atom stereocenters. The second-order valence-electron chi connectivity index (χ2n) is 5.65. The van der Waals surface area contributed by atoms with Gasteiger partial charge in [-0.05, 0) is 66.8 Å². The van der Waals surface area contributed by atoms with E-state index in [1.54, 1.807) is 0 Å². The highest BCUT2D eigenvalue weighted by Gasteiger charge is 2.07. The molecule has 0 fully saturated rings. The highest BCUT2D eigenvalue weighted by atomic mass is 35.5. The van der Waals surface area contributed by atoms with Crippen molar-refractivity contribution < 1.29 is 0 Å². The van der Waals surface area contributed by atoms with E-state index in [-0.39, 0.29) is 0 Å². The minimum Gasteiger partial charge on any atom is -0.399 e. The van der Waals surface area contributed by atoms with Gasteiger partial charge in [0.1, 0.15) is 0 Å². The summed E-state index contributed by atoms with van der Waals surface area (Å²) in [5.74, 6) is 0. The van der Waals surface area contributed by atoms with E-state index in [0.717, 1.165) is 27.3 Å². The quantitative estimate of drug-likeness (QED) is 0.680. The van der Waals surface area contributed by atoms with Crippen molar-refractivity contribution in [2.75, 3.05) is 0 Å². The molecule has 0 aliphatic carbocycles. The molecule has 0 aliphatic rings. The van der Waals surface area contributed by atoms with E-state index in [0.29, 0.717) is 5.70 Å². The van der Waals surface area contributed by atoms with E-state index in [4.69, 9.17) is 17.3 Å². The number of hydrogen-bond acceptors (Lipinski definition) is 1. The maximum Gasteiger partial charge on any atom is 0.0487 e. The minimum atomic E-state index is 0.544. The molecule has 1 nitrogen and oxygen atoms in total.